The predicted molar refractivity (Wildman–Crippen MR) is 132 cm³/mol. The van der Waals surface area contributed by atoms with Crippen LogP contribution in [0, 0.1) is 3.57 Å². The Labute approximate surface area is 220 Å². The molecule has 0 saturated carbocycles. The number of hydrogen-bond acceptors (Lipinski definition) is 4. The first-order chi connectivity index (χ1) is 16.9. The van der Waals surface area contributed by atoms with Crippen LogP contribution in [0.15, 0.2) is 66.7 Å². The van der Waals surface area contributed by atoms with Crippen molar-refractivity contribution in [1.82, 2.24) is 4.90 Å². The molecule has 0 aliphatic carbocycles. The van der Waals surface area contributed by atoms with Gasteiger partial charge in [-0.2, -0.15) is 0 Å². The number of nitrogens with one attached hydrogen (secondary N) is 1. The fourth-order valence-electron chi connectivity index (χ4n) is 3.88. The van der Waals surface area contributed by atoms with Gasteiger partial charge in [0.05, 0.1) is 11.3 Å². The van der Waals surface area contributed by atoms with Gasteiger partial charge in [-0.1, -0.05) is 35.9 Å². The molecule has 3 aromatic rings. The van der Waals surface area contributed by atoms with Crippen LogP contribution in [0.4, 0.5) is 18.9 Å². The molecule has 186 valence electrons. The number of carbonyl (C=O) groups is 3. The number of carboxylic acid groups (broad SMARTS) is 1. The SMILES string of the molecule is O=C(O)[C@H](c1ccc(Cl)cc1)N1C(=O)c2cc(I)ccc2NC(=O)[C@@H]1c1ccc(OC(F)(F)F)cc1. The number of halogens is 5. The highest BCUT2D eigenvalue weighted by atomic mass is 127. The number of nitrogens with zero attached hydrogens (tertiary/aromatic N) is 1. The zero-order valence-corrected chi connectivity index (χ0v) is 20.8. The molecule has 0 unspecified atom stereocenters. The number of fused-ring (bicyclic) bond motifs is 1. The van der Waals surface area contributed by atoms with Crippen molar-refractivity contribution in [3.63, 3.8) is 0 Å². The van der Waals surface area contributed by atoms with E-state index in [0.29, 0.717) is 8.59 Å². The highest BCUT2D eigenvalue weighted by Gasteiger charge is 2.44. The molecule has 3 aromatic carbocycles. The van der Waals surface area contributed by atoms with E-state index in [0.717, 1.165) is 17.0 Å². The molecule has 2 N–H and O–H groups in total. The Kier molecular flexibility index (Phi) is 7.14. The number of alkyl halides is 3. The molecule has 12 heteroatoms. The Morgan fingerprint density at radius 3 is 2.28 bits per heavy atom. The zero-order chi connectivity index (χ0) is 26.2. The fraction of sp³-hybridized carbons (Fsp3) is 0.125. The largest absolute Gasteiger partial charge is 0.573 e. The van der Waals surface area contributed by atoms with E-state index < -0.39 is 42.0 Å². The van der Waals surface area contributed by atoms with E-state index in [4.69, 9.17) is 11.6 Å². The van der Waals surface area contributed by atoms with Crippen molar-refractivity contribution in [3.05, 3.63) is 92.0 Å². The number of benzene rings is 3. The van der Waals surface area contributed by atoms with E-state index >= 15 is 0 Å². The molecule has 36 heavy (non-hydrogen) atoms. The number of carbonyl (C=O) groups excluding carboxylic acids is 2. The van der Waals surface area contributed by atoms with E-state index in [1.165, 1.54) is 48.5 Å². The Balaban J connectivity index is 1.88. The van der Waals surface area contributed by atoms with Gasteiger partial charge in [0.2, 0.25) is 0 Å². The summed E-state index contributed by atoms with van der Waals surface area (Å²) in [5.41, 5.74) is 0.493. The highest BCUT2D eigenvalue weighted by Crippen LogP contribution is 2.39. The van der Waals surface area contributed by atoms with Crippen LogP contribution in [0.2, 0.25) is 5.02 Å². The molecule has 0 bridgehead atoms. The summed E-state index contributed by atoms with van der Waals surface area (Å²) in [6, 6.07) is 11.6. The Hall–Kier alpha value is -3.32. The second kappa shape index (κ2) is 9.97. The fourth-order valence-corrected chi connectivity index (χ4v) is 4.50. The first-order valence-electron chi connectivity index (χ1n) is 10.2. The summed E-state index contributed by atoms with van der Waals surface area (Å²) in [7, 11) is 0. The number of hydrogen-bond donors (Lipinski definition) is 2. The molecule has 1 aliphatic rings. The molecule has 2 amide bonds. The number of carboxylic acids is 1. The lowest BCUT2D eigenvalue weighted by atomic mass is 9.97. The van der Waals surface area contributed by atoms with Gasteiger partial charge in [0.25, 0.3) is 11.8 Å². The van der Waals surface area contributed by atoms with Gasteiger partial charge >= 0.3 is 12.3 Å². The first kappa shape index (κ1) is 25.8. The van der Waals surface area contributed by atoms with Crippen LogP contribution in [0.3, 0.4) is 0 Å². The summed E-state index contributed by atoms with van der Waals surface area (Å²) in [5, 5.41) is 13.1. The summed E-state index contributed by atoms with van der Waals surface area (Å²) >= 11 is 7.92. The van der Waals surface area contributed by atoms with Crippen LogP contribution in [-0.4, -0.2) is 34.2 Å². The summed E-state index contributed by atoms with van der Waals surface area (Å²) in [4.78, 5) is 40.7. The maximum absolute atomic E-state index is 13.8. The maximum atomic E-state index is 13.8. The normalized spacial score (nSPS) is 16.6. The van der Waals surface area contributed by atoms with Crippen LogP contribution in [0.1, 0.15) is 33.6 Å². The Morgan fingerprint density at radius 2 is 1.69 bits per heavy atom. The van der Waals surface area contributed by atoms with Crippen LogP contribution in [0.25, 0.3) is 0 Å². The maximum Gasteiger partial charge on any atom is 0.573 e. The van der Waals surface area contributed by atoms with Gasteiger partial charge in [-0.25, -0.2) is 4.79 Å². The second-order valence-corrected chi connectivity index (χ2v) is 9.39. The van der Waals surface area contributed by atoms with Crippen LogP contribution in [0.5, 0.6) is 5.75 Å². The van der Waals surface area contributed by atoms with Gasteiger partial charge in [-0.3, -0.25) is 9.59 Å². The lowest BCUT2D eigenvalue weighted by molar-refractivity contribution is -0.274. The lowest BCUT2D eigenvalue weighted by Gasteiger charge is -2.34. The van der Waals surface area contributed by atoms with E-state index in [1.807, 2.05) is 22.6 Å². The third-order valence-corrected chi connectivity index (χ3v) is 6.28. The standard InChI is InChI=1S/C24H15ClF3IN2O5/c25-14-5-1-13(2-6-14)20(23(34)35)31-19(12-3-8-16(9-4-12)36-24(26,27)28)21(32)30-18-10-7-15(29)11-17(18)22(31)33/h1-11,19-20H,(H,30,32)(H,34,35)/t19-,20-/m0/s1. The Bertz CT molecular complexity index is 1330. The molecule has 1 heterocycles. The molecule has 0 fully saturated rings. The summed E-state index contributed by atoms with van der Waals surface area (Å²) in [5.74, 6) is -3.46. The van der Waals surface area contributed by atoms with E-state index in [2.05, 4.69) is 10.1 Å². The van der Waals surface area contributed by atoms with Gasteiger partial charge in [0.1, 0.15) is 11.8 Å². The van der Waals surface area contributed by atoms with Crippen molar-refractivity contribution >= 4 is 57.7 Å². The molecule has 2 atom stereocenters. The molecular weight excluding hydrogens is 616 g/mol. The van der Waals surface area contributed by atoms with Crippen molar-refractivity contribution in [3.8, 4) is 5.75 Å². The van der Waals surface area contributed by atoms with Crippen LogP contribution >= 0.6 is 34.2 Å². The van der Waals surface area contributed by atoms with Gasteiger partial charge in [0, 0.05) is 8.59 Å². The molecule has 0 spiro atoms. The van der Waals surface area contributed by atoms with Crippen molar-refractivity contribution in [2.75, 3.05) is 5.32 Å². The molecular formula is C24H15ClF3IN2O5. The number of anilines is 1. The molecule has 1 aliphatic heterocycles. The van der Waals surface area contributed by atoms with Crippen molar-refractivity contribution in [2.24, 2.45) is 0 Å². The topological polar surface area (TPSA) is 95.9 Å². The zero-order valence-electron chi connectivity index (χ0n) is 17.9. The van der Waals surface area contributed by atoms with Crippen LogP contribution in [-0.2, 0) is 9.59 Å². The van der Waals surface area contributed by atoms with Gasteiger partial charge in [0.15, 0.2) is 6.04 Å². The van der Waals surface area contributed by atoms with Crippen molar-refractivity contribution < 1.29 is 37.4 Å². The van der Waals surface area contributed by atoms with Gasteiger partial charge in [-0.05, 0) is 76.2 Å². The lowest BCUT2D eigenvalue weighted by Crippen LogP contribution is -2.44. The molecule has 0 aromatic heterocycles. The number of amides is 2. The van der Waals surface area contributed by atoms with Crippen molar-refractivity contribution in [1.29, 1.82) is 0 Å². The molecule has 0 radical (unpaired) electrons. The minimum atomic E-state index is -4.93. The average molecular weight is 631 g/mol. The third-order valence-electron chi connectivity index (χ3n) is 5.36. The summed E-state index contributed by atoms with van der Waals surface area (Å²) < 4.78 is 42.4. The van der Waals surface area contributed by atoms with E-state index in [1.54, 1.807) is 6.07 Å². The number of ether oxygens (including phenoxy) is 1. The van der Waals surface area contributed by atoms with Gasteiger partial charge in [-0.15, -0.1) is 13.2 Å². The van der Waals surface area contributed by atoms with E-state index in [9.17, 15) is 32.7 Å². The summed E-state index contributed by atoms with van der Waals surface area (Å²) in [6.45, 7) is 0. The molecule has 7 nitrogen and oxygen atoms in total. The molecule has 0 saturated heterocycles. The monoisotopic (exact) mass is 630 g/mol. The minimum Gasteiger partial charge on any atom is -0.479 e. The highest BCUT2D eigenvalue weighted by molar-refractivity contribution is 14.1. The Morgan fingerprint density at radius 1 is 1.06 bits per heavy atom. The first-order valence-corrected chi connectivity index (χ1v) is 11.7. The van der Waals surface area contributed by atoms with E-state index in [-0.39, 0.29) is 22.4 Å². The number of rotatable bonds is 5. The molecule has 4 rings (SSSR count). The quantitative estimate of drug-likeness (QED) is 0.348. The van der Waals surface area contributed by atoms with Gasteiger partial charge < -0.3 is 20.1 Å². The summed E-state index contributed by atoms with van der Waals surface area (Å²) in [6.07, 6.45) is -4.93. The second-order valence-electron chi connectivity index (χ2n) is 7.70. The third kappa shape index (κ3) is 5.41. The predicted octanol–water partition coefficient (Wildman–Crippen LogP) is 5.80. The number of aliphatic carboxylic acids is 1. The minimum absolute atomic E-state index is 0.0648. The average Bonchev–Trinajstić information content (AvgIpc) is 2.89. The smallest absolute Gasteiger partial charge is 0.479 e. The van der Waals surface area contributed by atoms with Crippen LogP contribution < -0.4 is 10.1 Å². The van der Waals surface area contributed by atoms with Crippen molar-refractivity contribution in [2.45, 2.75) is 18.4 Å².